The fourth-order valence-corrected chi connectivity index (χ4v) is 4.69. The zero-order chi connectivity index (χ0) is 25.1. The third kappa shape index (κ3) is 5.42. The molecule has 0 unspecified atom stereocenters. The van der Waals surface area contributed by atoms with Crippen molar-refractivity contribution in [2.75, 3.05) is 0 Å². The van der Waals surface area contributed by atoms with Crippen LogP contribution in [0.15, 0.2) is 56.5 Å². The van der Waals surface area contributed by atoms with Gasteiger partial charge in [-0.25, -0.2) is 5.43 Å². The number of aryl methyl sites for hydroxylation is 1. The molecule has 8 nitrogen and oxygen atoms in total. The molecule has 35 heavy (non-hydrogen) atoms. The number of benzene rings is 2. The van der Waals surface area contributed by atoms with E-state index in [4.69, 9.17) is 27.6 Å². The predicted octanol–water partition coefficient (Wildman–Crippen LogP) is 5.20. The zero-order valence-corrected chi connectivity index (χ0v) is 21.5. The van der Waals surface area contributed by atoms with Crippen molar-refractivity contribution in [2.24, 2.45) is 5.10 Å². The van der Waals surface area contributed by atoms with Gasteiger partial charge in [0, 0.05) is 27.0 Å². The third-order valence-electron chi connectivity index (χ3n) is 5.41. The lowest BCUT2D eigenvalue weighted by molar-refractivity contribution is 0.0829. The smallest absolute Gasteiger partial charge is 0.305 e. The molecule has 0 radical (unpaired) electrons. The Morgan fingerprint density at radius 3 is 2.46 bits per heavy atom. The molecule has 3 amide bonds. The van der Waals surface area contributed by atoms with Crippen LogP contribution in [0.5, 0.6) is 0 Å². The van der Waals surface area contributed by atoms with Gasteiger partial charge in [-0.05, 0) is 66.0 Å². The number of fused-ring (bicyclic) bond motifs is 1. The highest BCUT2D eigenvalue weighted by Crippen LogP contribution is 2.30. The molecule has 0 saturated heterocycles. The van der Waals surface area contributed by atoms with Crippen LogP contribution in [0.2, 0.25) is 10.0 Å². The number of amides is 3. The van der Waals surface area contributed by atoms with Crippen molar-refractivity contribution in [2.45, 2.75) is 26.2 Å². The molecule has 0 fully saturated rings. The van der Waals surface area contributed by atoms with E-state index < -0.39 is 11.8 Å². The average Bonchev–Trinajstić information content (AvgIpc) is 3.18. The second kappa shape index (κ2) is 10.6. The molecule has 3 aromatic rings. The highest BCUT2D eigenvalue weighted by Gasteiger charge is 2.28. The summed E-state index contributed by atoms with van der Waals surface area (Å²) in [6.07, 6.45) is 1.97. The van der Waals surface area contributed by atoms with Crippen LogP contribution in [0.25, 0.3) is 0 Å². The molecule has 11 heteroatoms. The number of rotatable bonds is 4. The monoisotopic (exact) mass is 576 g/mol. The molecule has 1 aliphatic carbocycles. The molecule has 0 saturated carbocycles. The first-order chi connectivity index (χ1) is 16.8. The molecule has 4 rings (SSSR count). The van der Waals surface area contributed by atoms with Crippen LogP contribution in [-0.2, 0) is 6.42 Å². The molecule has 0 aliphatic heterocycles. The molecule has 1 heterocycles. The summed E-state index contributed by atoms with van der Waals surface area (Å²) in [4.78, 5) is 37.7. The minimum absolute atomic E-state index is 0.0456. The summed E-state index contributed by atoms with van der Waals surface area (Å²) in [6, 6.07) is 11.4. The van der Waals surface area contributed by atoms with E-state index in [9.17, 15) is 14.4 Å². The van der Waals surface area contributed by atoms with E-state index in [-0.39, 0.29) is 22.3 Å². The molecule has 3 N–H and O–H groups in total. The Morgan fingerprint density at radius 1 is 0.971 bits per heavy atom. The van der Waals surface area contributed by atoms with Gasteiger partial charge in [0.15, 0.2) is 5.76 Å². The molecule has 1 aromatic heterocycles. The van der Waals surface area contributed by atoms with Crippen molar-refractivity contribution in [3.05, 3.63) is 90.8 Å². The zero-order valence-electron chi connectivity index (χ0n) is 18.4. The van der Waals surface area contributed by atoms with Gasteiger partial charge in [-0.2, -0.15) is 5.10 Å². The van der Waals surface area contributed by atoms with Gasteiger partial charge in [0.2, 0.25) is 0 Å². The predicted molar refractivity (Wildman–Crippen MR) is 136 cm³/mol. The second-order valence-corrected chi connectivity index (χ2v) is 9.42. The molecule has 180 valence electrons. The highest BCUT2D eigenvalue weighted by molar-refractivity contribution is 9.10. The van der Waals surface area contributed by atoms with Gasteiger partial charge in [0.1, 0.15) is 5.76 Å². The van der Waals surface area contributed by atoms with Crippen LogP contribution in [0.3, 0.4) is 0 Å². The van der Waals surface area contributed by atoms with E-state index in [2.05, 4.69) is 37.3 Å². The third-order valence-corrected chi connectivity index (χ3v) is 6.65. The summed E-state index contributed by atoms with van der Waals surface area (Å²) in [5, 5.41) is 4.85. The summed E-state index contributed by atoms with van der Waals surface area (Å²) < 4.78 is 6.46. The fourth-order valence-electron chi connectivity index (χ4n) is 3.73. The molecule has 1 aliphatic rings. The van der Waals surface area contributed by atoms with Crippen LogP contribution in [0, 0.1) is 6.92 Å². The van der Waals surface area contributed by atoms with Gasteiger partial charge < -0.3 is 4.42 Å². The fraction of sp³-hybridized carbons (Fsp3) is 0.167. The number of carbonyl (C=O) groups excluding carboxylic acids is 3. The molecule has 0 atom stereocenters. The largest absolute Gasteiger partial charge is 0.455 e. The molecule has 0 spiro atoms. The number of nitrogens with one attached hydrogen (secondary N) is 3. The highest BCUT2D eigenvalue weighted by atomic mass is 79.9. The van der Waals surface area contributed by atoms with Gasteiger partial charge in [0.05, 0.1) is 21.9 Å². The standard InChI is InChI=1S/C24H19BrCl2N4O4/c1-12-20-18(28-29-22(32)14-5-2-3-6-16(14)25)7-4-8-19(20)35-21(12)24(34)31-30-23(33)15-10-9-13(26)11-17(15)27/h2-3,5-6,9-11H,4,7-8H2,1H3,(H,29,32)(H,30,33)(H,31,34)/b28-18+. The lowest BCUT2D eigenvalue weighted by Gasteiger charge is -2.13. The van der Waals surface area contributed by atoms with E-state index >= 15 is 0 Å². The SMILES string of the molecule is Cc1c(C(=O)NNC(=O)c2ccc(Cl)cc2Cl)oc2c1/C(=N/NC(=O)c1ccccc1Br)CCC2. The van der Waals surface area contributed by atoms with E-state index in [0.29, 0.717) is 50.5 Å². The van der Waals surface area contributed by atoms with E-state index in [1.54, 1.807) is 25.1 Å². The minimum Gasteiger partial charge on any atom is -0.455 e. The molecular weight excluding hydrogens is 559 g/mol. The number of nitrogens with zero attached hydrogens (tertiary/aromatic N) is 1. The first kappa shape index (κ1) is 25.0. The second-order valence-electron chi connectivity index (χ2n) is 7.72. The lowest BCUT2D eigenvalue weighted by Crippen LogP contribution is -2.41. The van der Waals surface area contributed by atoms with Crippen molar-refractivity contribution in [1.82, 2.24) is 16.3 Å². The van der Waals surface area contributed by atoms with Crippen LogP contribution >= 0.6 is 39.1 Å². The van der Waals surface area contributed by atoms with E-state index in [1.165, 1.54) is 18.2 Å². The number of carbonyl (C=O) groups is 3. The van der Waals surface area contributed by atoms with Gasteiger partial charge >= 0.3 is 5.91 Å². The molecule has 2 aromatic carbocycles. The van der Waals surface area contributed by atoms with Crippen molar-refractivity contribution in [3.63, 3.8) is 0 Å². The summed E-state index contributed by atoms with van der Waals surface area (Å²) in [6.45, 7) is 1.73. The van der Waals surface area contributed by atoms with Crippen LogP contribution in [-0.4, -0.2) is 23.4 Å². The van der Waals surface area contributed by atoms with Crippen molar-refractivity contribution in [3.8, 4) is 0 Å². The molecular formula is C24H19BrCl2N4O4. The quantitative estimate of drug-likeness (QED) is 0.370. The number of halogens is 3. The van der Waals surface area contributed by atoms with Crippen molar-refractivity contribution in [1.29, 1.82) is 0 Å². The first-order valence-electron chi connectivity index (χ1n) is 10.6. The van der Waals surface area contributed by atoms with Crippen molar-refractivity contribution >= 4 is 62.6 Å². The summed E-state index contributed by atoms with van der Waals surface area (Å²) >= 11 is 15.3. The maximum atomic E-state index is 12.8. The number of hydrazone groups is 1. The van der Waals surface area contributed by atoms with Crippen molar-refractivity contribution < 1.29 is 18.8 Å². The first-order valence-corrected chi connectivity index (χ1v) is 12.1. The Balaban J connectivity index is 1.49. The average molecular weight is 578 g/mol. The Morgan fingerprint density at radius 2 is 1.71 bits per heavy atom. The van der Waals surface area contributed by atoms with Gasteiger partial charge in [-0.3, -0.25) is 25.2 Å². The number of hydrogen-bond acceptors (Lipinski definition) is 5. The van der Waals surface area contributed by atoms with Crippen LogP contribution < -0.4 is 16.3 Å². The normalized spacial score (nSPS) is 13.8. The Labute approximate surface area is 219 Å². The summed E-state index contributed by atoms with van der Waals surface area (Å²) in [5.74, 6) is -0.957. The Kier molecular flexibility index (Phi) is 7.59. The Bertz CT molecular complexity index is 1370. The Hall–Kier alpha value is -3.14. The van der Waals surface area contributed by atoms with E-state index in [0.717, 1.165) is 6.42 Å². The van der Waals surface area contributed by atoms with Gasteiger partial charge in [0.25, 0.3) is 11.8 Å². The maximum absolute atomic E-state index is 12.8. The van der Waals surface area contributed by atoms with Gasteiger partial charge in [-0.15, -0.1) is 0 Å². The van der Waals surface area contributed by atoms with Crippen LogP contribution in [0.1, 0.15) is 61.0 Å². The van der Waals surface area contributed by atoms with Gasteiger partial charge in [-0.1, -0.05) is 35.3 Å². The van der Waals surface area contributed by atoms with E-state index in [1.807, 2.05) is 6.07 Å². The topological polar surface area (TPSA) is 113 Å². The number of hydrogen-bond donors (Lipinski definition) is 3. The number of hydrazine groups is 1. The number of furan rings is 1. The maximum Gasteiger partial charge on any atom is 0.305 e. The lowest BCUT2D eigenvalue weighted by atomic mass is 9.93. The summed E-state index contributed by atoms with van der Waals surface area (Å²) in [7, 11) is 0. The van der Waals surface area contributed by atoms with Crippen LogP contribution in [0.4, 0.5) is 0 Å². The minimum atomic E-state index is -0.632. The molecule has 0 bridgehead atoms. The summed E-state index contributed by atoms with van der Waals surface area (Å²) in [5.41, 5.74) is 9.71.